The third-order valence-corrected chi connectivity index (χ3v) is 11.1. The minimum atomic E-state index is -0.411. The summed E-state index contributed by atoms with van der Waals surface area (Å²) >= 11 is 10.5. The van der Waals surface area contributed by atoms with E-state index in [2.05, 4.69) is 109 Å². The summed E-state index contributed by atoms with van der Waals surface area (Å²) in [6.07, 6.45) is -0.271. The molecule has 39 heavy (non-hydrogen) atoms. The van der Waals surface area contributed by atoms with Gasteiger partial charge in [0.2, 0.25) is 5.29 Å². The van der Waals surface area contributed by atoms with E-state index in [4.69, 9.17) is 21.6 Å². The van der Waals surface area contributed by atoms with Gasteiger partial charge in [0.1, 0.15) is 10.9 Å². The highest BCUT2D eigenvalue weighted by Gasteiger charge is 2.50. The third kappa shape index (κ3) is 2.80. The first-order valence-electron chi connectivity index (χ1n) is 13.0. The van der Waals surface area contributed by atoms with E-state index >= 15 is 0 Å². The van der Waals surface area contributed by atoms with Crippen LogP contribution in [0.25, 0.3) is 52.8 Å². The van der Waals surface area contributed by atoms with Crippen molar-refractivity contribution in [1.29, 1.82) is 0 Å². The lowest BCUT2D eigenvalue weighted by Gasteiger charge is -2.35. The number of rotatable bonds is 1. The second-order valence-corrected chi connectivity index (χ2v) is 13.3. The number of thioether (sulfide) groups is 1. The topological polar surface area (TPSA) is 29.6 Å². The van der Waals surface area contributed by atoms with Gasteiger partial charge >= 0.3 is 0 Å². The van der Waals surface area contributed by atoms with Gasteiger partial charge in [-0.1, -0.05) is 78.9 Å². The van der Waals surface area contributed by atoms with E-state index in [1.165, 1.54) is 57.6 Å². The fraction of sp³-hybridized carbons (Fsp3) is 0.0909. The highest BCUT2D eigenvalue weighted by atomic mass is 35.5. The van der Waals surface area contributed by atoms with Crippen LogP contribution in [-0.4, -0.2) is 20.3 Å². The summed E-state index contributed by atoms with van der Waals surface area (Å²) in [6, 6.07) is 34.9. The molecule has 7 aromatic rings. The van der Waals surface area contributed by atoms with Crippen LogP contribution in [0, 0.1) is 0 Å². The molecule has 0 spiro atoms. The predicted molar refractivity (Wildman–Crippen MR) is 169 cm³/mol. The van der Waals surface area contributed by atoms with E-state index in [0.717, 1.165) is 11.3 Å². The second kappa shape index (κ2) is 7.72. The number of hydrogen-bond donors (Lipinski definition) is 0. The monoisotopic (exact) mass is 557 g/mol. The molecule has 2 atom stereocenters. The summed E-state index contributed by atoms with van der Waals surface area (Å²) in [5.41, 5.74) is 4.55. The number of aliphatic imine (C=N–C) groups is 2. The normalized spacial score (nSPS) is 20.6. The third-order valence-electron chi connectivity index (χ3n) is 8.29. The van der Waals surface area contributed by atoms with Crippen molar-refractivity contribution in [2.45, 2.75) is 22.7 Å². The molecule has 3 nitrogen and oxygen atoms in total. The smallest absolute Gasteiger partial charge is 0.220 e. The molecule has 6 heteroatoms. The van der Waals surface area contributed by atoms with Crippen molar-refractivity contribution in [2.24, 2.45) is 9.98 Å². The number of thiophene rings is 1. The quantitative estimate of drug-likeness (QED) is 0.185. The van der Waals surface area contributed by atoms with Gasteiger partial charge in [0, 0.05) is 36.7 Å². The standard InChI is InChI=1S/C33H20ClN3S2/c1-33-30(22-14-6-9-17-25(22)39-33)35-32(34)36-31(33)37-23-15-7-4-12-20(23)26-18-10-2-3-11-19(18)27-21-13-5-8-16-24(21)38-29(27)28(26)37/h2-17,31H,1H3. The fourth-order valence-corrected chi connectivity index (χ4v) is 9.54. The zero-order valence-corrected chi connectivity index (χ0v) is 23.2. The van der Waals surface area contributed by atoms with Crippen molar-refractivity contribution >= 4 is 98.5 Å². The van der Waals surface area contributed by atoms with E-state index in [0.29, 0.717) is 5.29 Å². The first kappa shape index (κ1) is 22.2. The summed E-state index contributed by atoms with van der Waals surface area (Å²) in [5, 5.41) is 8.00. The molecule has 0 bridgehead atoms. The zero-order valence-electron chi connectivity index (χ0n) is 20.9. The molecule has 0 aliphatic carbocycles. The largest absolute Gasteiger partial charge is 0.314 e. The van der Waals surface area contributed by atoms with Crippen molar-refractivity contribution < 1.29 is 0 Å². The van der Waals surface area contributed by atoms with Crippen LogP contribution < -0.4 is 0 Å². The Kier molecular flexibility index (Phi) is 4.40. The Bertz CT molecular complexity index is 2260. The number of nitrogens with zero attached hydrogens (tertiary/aromatic N) is 3. The Morgan fingerprint density at radius 2 is 1.44 bits per heavy atom. The molecule has 186 valence electrons. The summed E-state index contributed by atoms with van der Waals surface area (Å²) in [7, 11) is 0. The molecule has 0 amide bonds. The number of amidine groups is 1. The number of hydrogen-bond acceptors (Lipinski definition) is 4. The zero-order chi connectivity index (χ0) is 25.9. The van der Waals surface area contributed by atoms with Crippen molar-refractivity contribution in [3.63, 3.8) is 0 Å². The average molecular weight is 558 g/mol. The Hall–Kier alpha value is -3.64. The van der Waals surface area contributed by atoms with E-state index in [1.807, 2.05) is 23.1 Å². The van der Waals surface area contributed by atoms with Crippen LogP contribution in [0.3, 0.4) is 0 Å². The molecule has 2 aliphatic rings. The van der Waals surface area contributed by atoms with Crippen molar-refractivity contribution in [2.75, 3.05) is 0 Å². The molecular weight excluding hydrogens is 538 g/mol. The van der Waals surface area contributed by atoms with Crippen molar-refractivity contribution in [1.82, 2.24) is 4.57 Å². The van der Waals surface area contributed by atoms with Gasteiger partial charge in [0.15, 0.2) is 0 Å². The summed E-state index contributed by atoms with van der Waals surface area (Å²) in [4.78, 5) is 11.2. The molecule has 0 N–H and O–H groups in total. The van der Waals surface area contributed by atoms with Crippen molar-refractivity contribution in [3.05, 3.63) is 103 Å². The Balaban J connectivity index is 1.50. The number of fused-ring (bicyclic) bond motifs is 13. The first-order valence-corrected chi connectivity index (χ1v) is 15.0. The van der Waals surface area contributed by atoms with Crippen LogP contribution in [0.4, 0.5) is 0 Å². The molecule has 9 rings (SSSR count). The van der Waals surface area contributed by atoms with Crippen LogP contribution in [0.5, 0.6) is 0 Å². The van der Waals surface area contributed by atoms with Gasteiger partial charge in [-0.2, -0.15) is 0 Å². The molecule has 2 aliphatic heterocycles. The van der Waals surface area contributed by atoms with Crippen LogP contribution >= 0.6 is 34.7 Å². The van der Waals surface area contributed by atoms with Crippen LogP contribution in [0.1, 0.15) is 18.7 Å². The van der Waals surface area contributed by atoms with Gasteiger partial charge in [-0.3, -0.25) is 0 Å². The van der Waals surface area contributed by atoms with E-state index in [-0.39, 0.29) is 6.17 Å². The van der Waals surface area contributed by atoms with Gasteiger partial charge < -0.3 is 4.57 Å². The molecule has 2 aromatic heterocycles. The van der Waals surface area contributed by atoms with Gasteiger partial charge in [0.05, 0.1) is 21.4 Å². The number of aromatic nitrogens is 1. The summed E-state index contributed by atoms with van der Waals surface area (Å²) in [5.74, 6) is 0. The molecule has 0 saturated carbocycles. The minimum absolute atomic E-state index is 0.271. The molecular formula is C33H20ClN3S2. The lowest BCUT2D eigenvalue weighted by atomic mass is 9.93. The Labute approximate surface area is 237 Å². The molecule has 4 heterocycles. The van der Waals surface area contributed by atoms with E-state index < -0.39 is 4.75 Å². The van der Waals surface area contributed by atoms with E-state index in [1.54, 1.807) is 0 Å². The Morgan fingerprint density at radius 3 is 2.28 bits per heavy atom. The lowest BCUT2D eigenvalue weighted by Crippen LogP contribution is -2.40. The maximum atomic E-state index is 6.75. The van der Waals surface area contributed by atoms with Gasteiger partial charge in [0.25, 0.3) is 0 Å². The molecule has 0 fully saturated rings. The van der Waals surface area contributed by atoms with Gasteiger partial charge in [-0.05, 0) is 47.5 Å². The first-order chi connectivity index (χ1) is 19.1. The molecule has 0 saturated heterocycles. The average Bonchev–Trinajstić information content (AvgIpc) is 3.61. The lowest BCUT2D eigenvalue weighted by molar-refractivity contribution is 0.501. The highest BCUT2D eigenvalue weighted by Crippen LogP contribution is 2.56. The maximum Gasteiger partial charge on any atom is 0.220 e. The molecule has 5 aromatic carbocycles. The number of halogens is 1. The summed E-state index contributed by atoms with van der Waals surface area (Å²) < 4.78 is 4.64. The fourth-order valence-electron chi connectivity index (χ4n) is 6.70. The van der Waals surface area contributed by atoms with E-state index in [9.17, 15) is 0 Å². The van der Waals surface area contributed by atoms with Gasteiger partial charge in [-0.25, -0.2) is 9.98 Å². The Morgan fingerprint density at radius 1 is 0.769 bits per heavy atom. The number of para-hydroxylation sites is 1. The highest BCUT2D eigenvalue weighted by molar-refractivity contribution is 8.02. The van der Waals surface area contributed by atoms with Crippen LogP contribution in [0.15, 0.2) is 112 Å². The number of benzene rings is 5. The minimum Gasteiger partial charge on any atom is -0.314 e. The maximum absolute atomic E-state index is 6.75. The van der Waals surface area contributed by atoms with Crippen LogP contribution in [0.2, 0.25) is 0 Å². The SMILES string of the molecule is CC12Sc3ccccc3C1=NC(Cl)=NC2n1c2ccccc2c2c3ccccc3c3c4ccccc4sc3c21. The predicted octanol–water partition coefficient (Wildman–Crippen LogP) is 9.78. The molecule has 2 unspecified atom stereocenters. The van der Waals surface area contributed by atoms with Crippen LogP contribution in [-0.2, 0) is 0 Å². The van der Waals surface area contributed by atoms with Crippen molar-refractivity contribution in [3.8, 4) is 0 Å². The second-order valence-electron chi connectivity index (χ2n) is 10.4. The molecule has 0 radical (unpaired) electrons. The summed E-state index contributed by atoms with van der Waals surface area (Å²) in [6.45, 7) is 2.28. The van der Waals surface area contributed by atoms with Gasteiger partial charge in [-0.15, -0.1) is 23.1 Å².